The third-order valence-electron chi connectivity index (χ3n) is 3.73. The summed E-state index contributed by atoms with van der Waals surface area (Å²) in [4.78, 5) is 15.3. The van der Waals surface area contributed by atoms with Gasteiger partial charge in [-0.15, -0.1) is 11.8 Å². The molecule has 1 heterocycles. The molecule has 0 aliphatic carbocycles. The molecule has 20 heavy (non-hydrogen) atoms. The van der Waals surface area contributed by atoms with E-state index in [9.17, 15) is 4.79 Å². The molecule has 2 N–H and O–H groups in total. The summed E-state index contributed by atoms with van der Waals surface area (Å²) in [6.45, 7) is 3.05. The molecule has 110 valence electrons. The van der Waals surface area contributed by atoms with E-state index in [1.165, 1.54) is 18.2 Å². The second-order valence-electron chi connectivity index (χ2n) is 5.12. The Morgan fingerprint density at radius 1 is 1.50 bits per heavy atom. The lowest BCUT2D eigenvalue weighted by molar-refractivity contribution is -0.132. The zero-order chi connectivity index (χ0) is 14.5. The highest BCUT2D eigenvalue weighted by Crippen LogP contribution is 2.29. The summed E-state index contributed by atoms with van der Waals surface area (Å²) in [5, 5.41) is 0.619. The molecule has 1 aromatic carbocycles. The third-order valence-corrected chi connectivity index (χ3v) is 5.21. The Bertz CT molecular complexity index is 481. The minimum Gasteiger partial charge on any atom is -0.399 e. The fraction of sp³-hybridized carbons (Fsp3) is 0.533. The number of nitrogens with zero attached hydrogens (tertiary/aromatic N) is 1. The predicted octanol–water partition coefficient (Wildman–Crippen LogP) is 3.81. The molecular weight excluding hydrogens is 292 g/mol. The number of nitrogens with two attached hydrogens (primary N) is 1. The number of benzene rings is 1. The lowest BCUT2D eigenvalue weighted by atomic mass is 10.0. The van der Waals surface area contributed by atoms with Gasteiger partial charge in [-0.05, 0) is 43.9 Å². The van der Waals surface area contributed by atoms with Crippen LogP contribution >= 0.6 is 23.4 Å². The summed E-state index contributed by atoms with van der Waals surface area (Å²) in [6.07, 6.45) is 4.53. The Hall–Kier alpha value is -0.870. The van der Waals surface area contributed by atoms with E-state index in [1.54, 1.807) is 6.07 Å². The number of thioether (sulfide) groups is 1. The van der Waals surface area contributed by atoms with Gasteiger partial charge in [-0.2, -0.15) is 0 Å². The first-order valence-corrected chi connectivity index (χ1v) is 8.45. The van der Waals surface area contributed by atoms with E-state index in [4.69, 9.17) is 17.3 Å². The second-order valence-corrected chi connectivity index (χ2v) is 6.55. The molecule has 0 saturated carbocycles. The first-order chi connectivity index (χ1) is 9.61. The lowest BCUT2D eigenvalue weighted by Crippen LogP contribution is -2.44. The van der Waals surface area contributed by atoms with Gasteiger partial charge in [0.15, 0.2) is 0 Å². The molecule has 1 saturated heterocycles. The number of piperidine rings is 1. The third kappa shape index (κ3) is 3.83. The molecule has 0 radical (unpaired) electrons. The van der Waals surface area contributed by atoms with Crippen molar-refractivity contribution >= 4 is 35.0 Å². The monoisotopic (exact) mass is 312 g/mol. The van der Waals surface area contributed by atoms with Crippen LogP contribution in [0.3, 0.4) is 0 Å². The van der Waals surface area contributed by atoms with Crippen molar-refractivity contribution in [1.29, 1.82) is 0 Å². The van der Waals surface area contributed by atoms with Gasteiger partial charge in [0.05, 0.1) is 10.8 Å². The number of rotatable bonds is 4. The predicted molar refractivity (Wildman–Crippen MR) is 86.2 cm³/mol. The van der Waals surface area contributed by atoms with Crippen molar-refractivity contribution in [2.45, 2.75) is 43.5 Å². The minimum absolute atomic E-state index is 0.217. The van der Waals surface area contributed by atoms with Gasteiger partial charge in [-0.3, -0.25) is 4.79 Å². The smallest absolute Gasteiger partial charge is 0.233 e. The number of anilines is 1. The normalized spacial score (nSPS) is 19.1. The molecule has 1 amide bonds. The van der Waals surface area contributed by atoms with Crippen molar-refractivity contribution in [3.05, 3.63) is 23.2 Å². The number of likely N-dealkylation sites (tertiary alicyclic amines) is 1. The van der Waals surface area contributed by atoms with Crippen molar-refractivity contribution in [1.82, 2.24) is 4.90 Å². The highest BCUT2D eigenvalue weighted by Gasteiger charge is 2.25. The van der Waals surface area contributed by atoms with Crippen molar-refractivity contribution < 1.29 is 4.79 Å². The molecule has 1 aliphatic rings. The van der Waals surface area contributed by atoms with Gasteiger partial charge in [-0.1, -0.05) is 18.5 Å². The molecule has 0 spiro atoms. The van der Waals surface area contributed by atoms with Gasteiger partial charge in [0.25, 0.3) is 0 Å². The van der Waals surface area contributed by atoms with Gasteiger partial charge in [0.2, 0.25) is 5.91 Å². The number of nitrogen functional groups attached to an aromatic ring is 1. The molecule has 1 fully saturated rings. The first-order valence-electron chi connectivity index (χ1n) is 7.09. The summed E-state index contributed by atoms with van der Waals surface area (Å²) in [7, 11) is 0. The molecule has 5 heteroatoms. The molecular formula is C15H21ClN2OS. The van der Waals surface area contributed by atoms with E-state index >= 15 is 0 Å². The maximum absolute atomic E-state index is 12.4. The van der Waals surface area contributed by atoms with Gasteiger partial charge in [0, 0.05) is 23.2 Å². The van der Waals surface area contributed by atoms with Crippen LogP contribution in [0.25, 0.3) is 0 Å². The quantitative estimate of drug-likeness (QED) is 0.679. The van der Waals surface area contributed by atoms with Crippen LogP contribution in [0.5, 0.6) is 0 Å². The Balaban J connectivity index is 1.94. The Morgan fingerprint density at radius 2 is 2.30 bits per heavy atom. The topological polar surface area (TPSA) is 46.3 Å². The van der Waals surface area contributed by atoms with E-state index in [1.807, 2.05) is 17.0 Å². The van der Waals surface area contributed by atoms with Crippen LogP contribution < -0.4 is 5.73 Å². The molecule has 0 aromatic heterocycles. The van der Waals surface area contributed by atoms with E-state index in [-0.39, 0.29) is 5.91 Å². The van der Waals surface area contributed by atoms with Gasteiger partial charge < -0.3 is 10.6 Å². The Labute approximate surface area is 129 Å². The van der Waals surface area contributed by atoms with Gasteiger partial charge in [0.1, 0.15) is 0 Å². The van der Waals surface area contributed by atoms with Crippen LogP contribution in [0, 0.1) is 0 Å². The van der Waals surface area contributed by atoms with E-state index in [2.05, 4.69) is 6.92 Å². The number of carbonyl (C=O) groups excluding carboxylic acids is 1. The highest BCUT2D eigenvalue weighted by atomic mass is 35.5. The summed E-state index contributed by atoms with van der Waals surface area (Å²) >= 11 is 7.62. The average Bonchev–Trinajstić information content (AvgIpc) is 2.46. The fourth-order valence-corrected chi connectivity index (χ4v) is 3.77. The maximum Gasteiger partial charge on any atom is 0.233 e. The maximum atomic E-state index is 12.4. The fourth-order valence-electron chi connectivity index (χ4n) is 2.61. The van der Waals surface area contributed by atoms with E-state index < -0.39 is 0 Å². The first kappa shape index (κ1) is 15.5. The Kier molecular flexibility index (Phi) is 5.61. The summed E-state index contributed by atoms with van der Waals surface area (Å²) in [5.74, 6) is 0.662. The second kappa shape index (κ2) is 7.23. The van der Waals surface area contributed by atoms with Crippen molar-refractivity contribution in [3.63, 3.8) is 0 Å². The Morgan fingerprint density at radius 3 is 3.00 bits per heavy atom. The largest absolute Gasteiger partial charge is 0.399 e. The van der Waals surface area contributed by atoms with Crippen LogP contribution in [0.1, 0.15) is 32.6 Å². The molecule has 0 bridgehead atoms. The summed E-state index contributed by atoms with van der Waals surface area (Å²) in [5.41, 5.74) is 6.31. The summed E-state index contributed by atoms with van der Waals surface area (Å²) in [6, 6.07) is 5.83. The van der Waals surface area contributed by atoms with Gasteiger partial charge >= 0.3 is 0 Å². The van der Waals surface area contributed by atoms with Crippen LogP contribution in [0.2, 0.25) is 5.02 Å². The molecule has 1 atom stereocenters. The highest BCUT2D eigenvalue weighted by molar-refractivity contribution is 8.00. The average molecular weight is 313 g/mol. The number of hydrogen-bond donors (Lipinski definition) is 1. The van der Waals surface area contributed by atoms with Crippen LogP contribution in [-0.4, -0.2) is 29.1 Å². The van der Waals surface area contributed by atoms with Crippen LogP contribution in [-0.2, 0) is 4.79 Å². The number of hydrogen-bond acceptors (Lipinski definition) is 3. The zero-order valence-corrected chi connectivity index (χ0v) is 13.3. The van der Waals surface area contributed by atoms with Gasteiger partial charge in [-0.25, -0.2) is 0 Å². The number of amides is 1. The van der Waals surface area contributed by atoms with E-state index in [0.717, 1.165) is 30.7 Å². The lowest BCUT2D eigenvalue weighted by Gasteiger charge is -2.35. The number of halogens is 1. The molecule has 3 nitrogen and oxygen atoms in total. The summed E-state index contributed by atoms with van der Waals surface area (Å²) < 4.78 is 0. The minimum atomic E-state index is 0.217. The molecule has 1 aromatic rings. The molecule has 1 unspecified atom stereocenters. The SMILES string of the molecule is CCC1CCCCN1C(=O)CSc1ccc(N)cc1Cl. The van der Waals surface area contributed by atoms with Crippen LogP contribution in [0.15, 0.2) is 23.1 Å². The zero-order valence-electron chi connectivity index (χ0n) is 11.8. The standard InChI is InChI=1S/C15H21ClN2OS/c1-2-12-5-3-4-8-18(12)15(19)10-20-14-7-6-11(17)9-13(14)16/h6-7,9,12H,2-5,8,10,17H2,1H3. The van der Waals surface area contributed by atoms with Crippen molar-refractivity contribution in [2.24, 2.45) is 0 Å². The molecule has 1 aliphatic heterocycles. The van der Waals surface area contributed by atoms with Crippen LogP contribution in [0.4, 0.5) is 5.69 Å². The number of carbonyl (C=O) groups is 1. The van der Waals surface area contributed by atoms with Crippen molar-refractivity contribution in [3.8, 4) is 0 Å². The van der Waals surface area contributed by atoms with E-state index in [0.29, 0.717) is 22.5 Å². The van der Waals surface area contributed by atoms with Crippen molar-refractivity contribution in [2.75, 3.05) is 18.0 Å². The molecule has 2 rings (SSSR count).